The topological polar surface area (TPSA) is 96.2 Å². The molecule has 1 aliphatic rings. The maximum Gasteiger partial charge on any atom is 0.331 e. The summed E-state index contributed by atoms with van der Waals surface area (Å²) in [6.07, 6.45) is 1.04. The van der Waals surface area contributed by atoms with Crippen LogP contribution in [0.3, 0.4) is 0 Å². The average molecular weight is 372 g/mol. The number of benzene rings is 2. The van der Waals surface area contributed by atoms with Crippen molar-refractivity contribution in [3.05, 3.63) is 47.0 Å². The fourth-order valence-electron chi connectivity index (χ4n) is 3.27. The van der Waals surface area contributed by atoms with Gasteiger partial charge in [0, 0.05) is 33.9 Å². The lowest BCUT2D eigenvalue weighted by molar-refractivity contribution is -0.132. The van der Waals surface area contributed by atoms with Crippen LogP contribution in [0, 0.1) is 0 Å². The van der Waals surface area contributed by atoms with Gasteiger partial charge in [0.1, 0.15) is 24.7 Å². The van der Waals surface area contributed by atoms with Crippen LogP contribution in [-0.4, -0.2) is 46.7 Å². The Bertz CT molecular complexity index is 882. The van der Waals surface area contributed by atoms with Gasteiger partial charge in [0.2, 0.25) is 0 Å². The molecule has 2 unspecified atom stereocenters. The second-order valence-electron chi connectivity index (χ2n) is 6.90. The zero-order valence-electron chi connectivity index (χ0n) is 15.4. The predicted molar refractivity (Wildman–Crippen MR) is 101 cm³/mol. The van der Waals surface area contributed by atoms with Crippen molar-refractivity contribution < 1.29 is 29.6 Å². The van der Waals surface area contributed by atoms with Crippen molar-refractivity contribution in [1.82, 2.24) is 0 Å². The van der Waals surface area contributed by atoms with Gasteiger partial charge in [-0.3, -0.25) is 0 Å². The van der Waals surface area contributed by atoms with Gasteiger partial charge in [-0.2, -0.15) is 0 Å². The first-order valence-electron chi connectivity index (χ1n) is 8.99. The third kappa shape index (κ3) is 4.07. The Morgan fingerprint density at radius 3 is 2.00 bits per heavy atom. The minimum atomic E-state index is -0.957. The summed E-state index contributed by atoms with van der Waals surface area (Å²) in [5.41, 5.74) is 1.93. The second kappa shape index (κ2) is 7.98. The van der Waals surface area contributed by atoms with Crippen LogP contribution >= 0.6 is 0 Å². The Hall–Kier alpha value is -2.57. The fourth-order valence-corrected chi connectivity index (χ4v) is 3.27. The minimum Gasteiger partial charge on any atom is -0.490 e. The summed E-state index contributed by atoms with van der Waals surface area (Å²) < 4.78 is 11.8. The van der Waals surface area contributed by atoms with E-state index in [0.717, 1.165) is 21.9 Å². The van der Waals surface area contributed by atoms with Gasteiger partial charge in [-0.15, -0.1) is 0 Å². The molecule has 0 saturated heterocycles. The van der Waals surface area contributed by atoms with Gasteiger partial charge in [-0.05, 0) is 20.3 Å². The molecule has 2 aromatic rings. The first-order valence-corrected chi connectivity index (χ1v) is 8.99. The summed E-state index contributed by atoms with van der Waals surface area (Å²) in [7, 11) is 0. The van der Waals surface area contributed by atoms with Crippen LogP contribution in [0.1, 0.15) is 25.0 Å². The Morgan fingerprint density at radius 2 is 1.52 bits per heavy atom. The van der Waals surface area contributed by atoms with E-state index in [1.807, 2.05) is 24.3 Å². The summed E-state index contributed by atoms with van der Waals surface area (Å²) in [5.74, 6) is 0.270. The fraction of sp³-hybridized carbons (Fsp3) is 0.381. The molecule has 0 saturated carbocycles. The van der Waals surface area contributed by atoms with E-state index in [-0.39, 0.29) is 19.6 Å². The molecular weight excluding hydrogens is 348 g/mol. The lowest BCUT2D eigenvalue weighted by Crippen LogP contribution is -2.19. The summed E-state index contributed by atoms with van der Waals surface area (Å²) in [4.78, 5) is 11.5. The zero-order valence-corrected chi connectivity index (χ0v) is 15.4. The number of carbonyl (C=O) groups is 1. The van der Waals surface area contributed by atoms with Crippen LogP contribution in [0.4, 0.5) is 0 Å². The van der Waals surface area contributed by atoms with E-state index in [0.29, 0.717) is 23.5 Å². The highest BCUT2D eigenvalue weighted by atomic mass is 16.5. The van der Waals surface area contributed by atoms with Crippen LogP contribution in [0.2, 0.25) is 0 Å². The molecule has 2 atom stereocenters. The number of fused-ring (bicyclic) bond motifs is 2. The first-order chi connectivity index (χ1) is 12.9. The standard InChI is InChI=1S/C21H24O6/c1-12(22)10-26-19-15-5-3-4-6-16(15)20(27-11-13(2)23)18-9-14(21(24)25)7-8-17(18)19/h3-7,12-13,22-23H,8-11H2,1-2H3,(H,24,25). The van der Waals surface area contributed by atoms with Crippen LogP contribution in [0.5, 0.6) is 11.5 Å². The van der Waals surface area contributed by atoms with Crippen molar-refractivity contribution in [3.63, 3.8) is 0 Å². The maximum atomic E-state index is 11.5. The van der Waals surface area contributed by atoms with E-state index in [4.69, 9.17) is 9.47 Å². The smallest absolute Gasteiger partial charge is 0.331 e. The highest BCUT2D eigenvalue weighted by molar-refractivity contribution is 5.97. The molecule has 0 heterocycles. The molecule has 0 radical (unpaired) electrons. The molecule has 1 aliphatic carbocycles. The van der Waals surface area contributed by atoms with Crippen LogP contribution in [0.25, 0.3) is 10.8 Å². The van der Waals surface area contributed by atoms with E-state index in [9.17, 15) is 20.1 Å². The molecule has 0 spiro atoms. The highest BCUT2D eigenvalue weighted by Gasteiger charge is 2.26. The number of aliphatic hydroxyl groups is 2. The predicted octanol–water partition coefficient (Wildman–Crippen LogP) is 2.47. The number of ether oxygens (including phenoxy) is 2. The monoisotopic (exact) mass is 372 g/mol. The molecule has 2 aromatic carbocycles. The van der Waals surface area contributed by atoms with E-state index in [1.165, 1.54) is 0 Å². The molecule has 0 bridgehead atoms. The quantitative estimate of drug-likeness (QED) is 0.691. The van der Waals surface area contributed by atoms with Gasteiger partial charge in [0.05, 0.1) is 12.2 Å². The molecule has 6 heteroatoms. The van der Waals surface area contributed by atoms with E-state index < -0.39 is 18.2 Å². The number of allylic oxidation sites excluding steroid dienone is 1. The molecule has 0 aromatic heterocycles. The molecule has 27 heavy (non-hydrogen) atoms. The Kier molecular flexibility index (Phi) is 5.68. The van der Waals surface area contributed by atoms with Gasteiger partial charge in [0.15, 0.2) is 0 Å². The molecule has 0 amide bonds. The summed E-state index contributed by atoms with van der Waals surface area (Å²) >= 11 is 0. The number of rotatable bonds is 7. The Balaban J connectivity index is 2.19. The molecular formula is C21H24O6. The van der Waals surface area contributed by atoms with Crippen LogP contribution in [0.15, 0.2) is 35.9 Å². The molecule has 0 fully saturated rings. The van der Waals surface area contributed by atoms with Gasteiger partial charge in [0.25, 0.3) is 0 Å². The summed E-state index contributed by atoms with van der Waals surface area (Å²) in [6.45, 7) is 3.53. The van der Waals surface area contributed by atoms with Gasteiger partial charge >= 0.3 is 5.97 Å². The van der Waals surface area contributed by atoms with Gasteiger partial charge in [-0.25, -0.2) is 4.79 Å². The third-order valence-corrected chi connectivity index (χ3v) is 4.46. The number of hydrogen-bond acceptors (Lipinski definition) is 5. The van der Waals surface area contributed by atoms with Crippen LogP contribution < -0.4 is 9.47 Å². The van der Waals surface area contributed by atoms with Crippen molar-refractivity contribution in [2.24, 2.45) is 0 Å². The van der Waals surface area contributed by atoms with Crippen molar-refractivity contribution in [2.45, 2.75) is 38.9 Å². The number of aliphatic carboxylic acids is 1. The van der Waals surface area contributed by atoms with Crippen molar-refractivity contribution in [2.75, 3.05) is 13.2 Å². The molecule has 0 aliphatic heterocycles. The summed E-state index contributed by atoms with van der Waals surface area (Å²) in [5, 5.41) is 30.3. The Morgan fingerprint density at radius 1 is 1.00 bits per heavy atom. The van der Waals surface area contributed by atoms with Crippen molar-refractivity contribution in [1.29, 1.82) is 0 Å². The highest BCUT2D eigenvalue weighted by Crippen LogP contribution is 2.44. The van der Waals surface area contributed by atoms with Crippen molar-refractivity contribution >= 4 is 16.7 Å². The molecule has 144 valence electrons. The largest absolute Gasteiger partial charge is 0.490 e. The third-order valence-electron chi connectivity index (χ3n) is 4.46. The minimum absolute atomic E-state index is 0.108. The normalized spacial score (nSPS) is 15.6. The maximum absolute atomic E-state index is 11.5. The number of hydrogen-bond donors (Lipinski definition) is 3. The van der Waals surface area contributed by atoms with Crippen molar-refractivity contribution in [3.8, 4) is 11.5 Å². The lowest BCUT2D eigenvalue weighted by Gasteiger charge is -2.25. The number of carboxylic acid groups (broad SMARTS) is 1. The van der Waals surface area contributed by atoms with Crippen LogP contribution in [-0.2, 0) is 17.6 Å². The SMILES string of the molecule is CC(O)COc1c2c(c(OCC(C)O)c3ccccc13)CC(C(=O)O)=CC2. The molecule has 3 rings (SSSR count). The van der Waals surface area contributed by atoms with E-state index >= 15 is 0 Å². The Labute approximate surface area is 157 Å². The molecule has 6 nitrogen and oxygen atoms in total. The molecule has 3 N–H and O–H groups in total. The van der Waals surface area contributed by atoms with E-state index in [2.05, 4.69) is 0 Å². The number of carboxylic acids is 1. The van der Waals surface area contributed by atoms with Gasteiger partial charge in [-0.1, -0.05) is 30.3 Å². The lowest BCUT2D eigenvalue weighted by atomic mass is 9.87. The summed E-state index contributed by atoms with van der Waals surface area (Å²) in [6, 6.07) is 7.57. The van der Waals surface area contributed by atoms with E-state index in [1.54, 1.807) is 19.9 Å². The second-order valence-corrected chi connectivity index (χ2v) is 6.90. The zero-order chi connectivity index (χ0) is 19.6. The average Bonchev–Trinajstić information content (AvgIpc) is 2.63. The number of aliphatic hydroxyl groups excluding tert-OH is 2. The van der Waals surface area contributed by atoms with Gasteiger partial charge < -0.3 is 24.8 Å². The first kappa shape index (κ1) is 19.2.